The van der Waals surface area contributed by atoms with Crippen LogP contribution in [-0.4, -0.2) is 22.3 Å². The van der Waals surface area contributed by atoms with Crippen LogP contribution < -0.4 is 0 Å². The van der Waals surface area contributed by atoms with Crippen molar-refractivity contribution in [2.45, 2.75) is 25.7 Å². The highest BCUT2D eigenvalue weighted by molar-refractivity contribution is 6.01. The van der Waals surface area contributed by atoms with Crippen molar-refractivity contribution in [3.05, 3.63) is 35.8 Å². The van der Waals surface area contributed by atoms with E-state index in [0.29, 0.717) is 11.3 Å². The molecule has 1 aromatic heterocycles. The van der Waals surface area contributed by atoms with Gasteiger partial charge in [0.05, 0.1) is 5.71 Å². The summed E-state index contributed by atoms with van der Waals surface area (Å²) >= 11 is 0. The first-order chi connectivity index (χ1) is 9.74. The van der Waals surface area contributed by atoms with E-state index >= 15 is 0 Å². The van der Waals surface area contributed by atoms with Gasteiger partial charge in [-0.1, -0.05) is 6.42 Å². The van der Waals surface area contributed by atoms with Crippen molar-refractivity contribution >= 4 is 5.71 Å². The molecule has 0 fully saturated rings. The fourth-order valence-corrected chi connectivity index (χ4v) is 2.28. The zero-order valence-corrected chi connectivity index (χ0v) is 11.0. The summed E-state index contributed by atoms with van der Waals surface area (Å²) in [7, 11) is 0. The Morgan fingerprint density at radius 3 is 2.70 bits per heavy atom. The van der Waals surface area contributed by atoms with E-state index in [1.807, 2.05) is 0 Å². The van der Waals surface area contributed by atoms with Gasteiger partial charge >= 0.3 is 5.95 Å². The number of aliphatic imine (C=N–C) groups is 1. The number of aromatic nitrogens is 1. The SMILES string of the molecule is Oc1oc(-c2ccc(F)cc2)nc1C1=NCCCCC1. The lowest BCUT2D eigenvalue weighted by Gasteiger charge is -1.98. The molecule has 0 saturated heterocycles. The molecule has 2 heterocycles. The van der Waals surface area contributed by atoms with Gasteiger partial charge in [-0.15, -0.1) is 0 Å². The Bertz CT molecular complexity index is 632. The van der Waals surface area contributed by atoms with Gasteiger partial charge in [-0.2, -0.15) is 0 Å². The predicted octanol–water partition coefficient (Wildman–Crippen LogP) is 3.55. The van der Waals surface area contributed by atoms with Gasteiger partial charge in [-0.05, 0) is 43.5 Å². The lowest BCUT2D eigenvalue weighted by Crippen LogP contribution is -2.01. The second-order valence-corrected chi connectivity index (χ2v) is 4.82. The van der Waals surface area contributed by atoms with Gasteiger partial charge in [0.2, 0.25) is 5.89 Å². The molecule has 0 saturated carbocycles. The van der Waals surface area contributed by atoms with Crippen molar-refractivity contribution in [1.29, 1.82) is 0 Å². The average molecular weight is 274 g/mol. The third-order valence-electron chi connectivity index (χ3n) is 3.35. The third kappa shape index (κ3) is 2.57. The van der Waals surface area contributed by atoms with Crippen LogP contribution in [0.4, 0.5) is 4.39 Å². The number of oxazole rings is 1. The maximum atomic E-state index is 12.9. The van der Waals surface area contributed by atoms with Crippen LogP contribution >= 0.6 is 0 Å². The molecule has 1 aliphatic rings. The molecular formula is C15H15FN2O2. The first-order valence-electron chi connectivity index (χ1n) is 6.73. The van der Waals surface area contributed by atoms with E-state index in [0.717, 1.165) is 37.9 Å². The highest BCUT2D eigenvalue weighted by atomic mass is 19.1. The monoisotopic (exact) mass is 274 g/mol. The Balaban J connectivity index is 1.94. The highest BCUT2D eigenvalue weighted by Crippen LogP contribution is 2.28. The van der Waals surface area contributed by atoms with E-state index in [2.05, 4.69) is 9.98 Å². The molecule has 5 heteroatoms. The molecule has 0 unspecified atom stereocenters. The van der Waals surface area contributed by atoms with Crippen LogP contribution in [0.3, 0.4) is 0 Å². The molecular weight excluding hydrogens is 259 g/mol. The minimum atomic E-state index is -0.321. The zero-order valence-electron chi connectivity index (χ0n) is 11.0. The Morgan fingerprint density at radius 2 is 1.90 bits per heavy atom. The first-order valence-corrected chi connectivity index (χ1v) is 6.73. The lowest BCUT2D eigenvalue weighted by molar-refractivity contribution is 0.336. The second kappa shape index (κ2) is 5.45. The van der Waals surface area contributed by atoms with Crippen LogP contribution in [0.15, 0.2) is 33.7 Å². The molecule has 1 N–H and O–H groups in total. The van der Waals surface area contributed by atoms with Crippen molar-refractivity contribution in [2.75, 3.05) is 6.54 Å². The molecule has 0 spiro atoms. The van der Waals surface area contributed by atoms with Crippen molar-refractivity contribution in [2.24, 2.45) is 4.99 Å². The summed E-state index contributed by atoms with van der Waals surface area (Å²) in [6.45, 7) is 0.757. The molecule has 3 rings (SSSR count). The number of halogens is 1. The van der Waals surface area contributed by atoms with E-state index < -0.39 is 0 Å². The minimum absolute atomic E-state index is 0.218. The minimum Gasteiger partial charge on any atom is -0.479 e. The van der Waals surface area contributed by atoms with Crippen molar-refractivity contribution in [1.82, 2.24) is 4.98 Å². The zero-order chi connectivity index (χ0) is 13.9. The van der Waals surface area contributed by atoms with Gasteiger partial charge < -0.3 is 9.52 Å². The fraction of sp³-hybridized carbons (Fsp3) is 0.333. The van der Waals surface area contributed by atoms with Gasteiger partial charge in [0.25, 0.3) is 0 Å². The van der Waals surface area contributed by atoms with Crippen LogP contribution in [0.5, 0.6) is 5.95 Å². The van der Waals surface area contributed by atoms with E-state index in [4.69, 9.17) is 4.42 Å². The van der Waals surface area contributed by atoms with Gasteiger partial charge in [0, 0.05) is 12.1 Å². The van der Waals surface area contributed by atoms with Crippen LogP contribution in [0.1, 0.15) is 31.4 Å². The molecule has 0 aliphatic carbocycles. The van der Waals surface area contributed by atoms with Crippen LogP contribution in [0, 0.1) is 5.82 Å². The van der Waals surface area contributed by atoms with Crippen molar-refractivity contribution in [3.8, 4) is 17.4 Å². The molecule has 1 aliphatic heterocycles. The molecule has 0 atom stereocenters. The molecule has 0 amide bonds. The Labute approximate surface area is 116 Å². The van der Waals surface area contributed by atoms with E-state index in [1.54, 1.807) is 12.1 Å². The van der Waals surface area contributed by atoms with Crippen molar-refractivity contribution < 1.29 is 13.9 Å². The summed E-state index contributed by atoms with van der Waals surface area (Å²) in [6, 6.07) is 5.80. The van der Waals surface area contributed by atoms with Gasteiger partial charge in [-0.25, -0.2) is 9.37 Å². The number of aromatic hydroxyl groups is 1. The Kier molecular flexibility index (Phi) is 3.50. The largest absolute Gasteiger partial charge is 0.479 e. The van der Waals surface area contributed by atoms with Crippen LogP contribution in [0.2, 0.25) is 0 Å². The van der Waals surface area contributed by atoms with E-state index in [9.17, 15) is 9.50 Å². The van der Waals surface area contributed by atoms with Gasteiger partial charge in [0.1, 0.15) is 5.82 Å². The Hall–Kier alpha value is -2.17. The topological polar surface area (TPSA) is 58.6 Å². The van der Waals surface area contributed by atoms with E-state index in [-0.39, 0.29) is 17.7 Å². The number of benzene rings is 1. The van der Waals surface area contributed by atoms with Crippen LogP contribution in [-0.2, 0) is 0 Å². The number of hydrogen-bond donors (Lipinski definition) is 1. The normalized spacial score (nSPS) is 15.8. The molecule has 2 aromatic rings. The maximum absolute atomic E-state index is 12.9. The lowest BCUT2D eigenvalue weighted by atomic mass is 10.1. The smallest absolute Gasteiger partial charge is 0.312 e. The second-order valence-electron chi connectivity index (χ2n) is 4.82. The summed E-state index contributed by atoms with van der Waals surface area (Å²) in [4.78, 5) is 8.75. The first kappa shape index (κ1) is 12.8. The maximum Gasteiger partial charge on any atom is 0.312 e. The average Bonchev–Trinajstić information content (AvgIpc) is 2.67. The highest BCUT2D eigenvalue weighted by Gasteiger charge is 2.19. The fourth-order valence-electron chi connectivity index (χ4n) is 2.28. The molecule has 20 heavy (non-hydrogen) atoms. The Morgan fingerprint density at radius 1 is 1.10 bits per heavy atom. The van der Waals surface area contributed by atoms with Gasteiger partial charge in [0.15, 0.2) is 5.69 Å². The molecule has 0 bridgehead atoms. The molecule has 0 radical (unpaired) electrons. The molecule has 4 nitrogen and oxygen atoms in total. The van der Waals surface area contributed by atoms with E-state index in [1.165, 1.54) is 12.1 Å². The quantitative estimate of drug-likeness (QED) is 0.911. The molecule has 104 valence electrons. The standard InChI is InChI=1S/C15H15FN2O2/c16-11-7-5-10(6-8-11)14-18-13(15(19)20-14)12-4-2-1-3-9-17-12/h5-8,19H,1-4,9H2. The summed E-state index contributed by atoms with van der Waals surface area (Å²) < 4.78 is 18.2. The molecule has 1 aromatic carbocycles. The van der Waals surface area contributed by atoms with Crippen molar-refractivity contribution in [3.63, 3.8) is 0 Å². The number of rotatable bonds is 2. The summed E-state index contributed by atoms with van der Waals surface area (Å²) in [5, 5.41) is 9.91. The summed E-state index contributed by atoms with van der Waals surface area (Å²) in [6.07, 6.45) is 4.03. The van der Waals surface area contributed by atoms with Gasteiger partial charge in [-0.3, -0.25) is 4.99 Å². The number of nitrogens with zero attached hydrogens (tertiary/aromatic N) is 2. The third-order valence-corrected chi connectivity index (χ3v) is 3.35. The van der Waals surface area contributed by atoms with Crippen LogP contribution in [0.25, 0.3) is 11.5 Å². The predicted molar refractivity (Wildman–Crippen MR) is 73.4 cm³/mol. The summed E-state index contributed by atoms with van der Waals surface area (Å²) in [5.74, 6) is -0.257. The summed E-state index contributed by atoms with van der Waals surface area (Å²) in [5.41, 5.74) is 1.82. The number of hydrogen-bond acceptors (Lipinski definition) is 4.